The van der Waals surface area contributed by atoms with E-state index in [-0.39, 0.29) is 12.6 Å². The van der Waals surface area contributed by atoms with Gasteiger partial charge in [-0.1, -0.05) is 23.6 Å². The second-order valence-corrected chi connectivity index (χ2v) is 8.81. The van der Waals surface area contributed by atoms with Crippen LogP contribution < -0.4 is 10.5 Å². The summed E-state index contributed by atoms with van der Waals surface area (Å²) in [4.78, 5) is 22.1. The Morgan fingerprint density at radius 1 is 1.22 bits per heavy atom. The molecule has 0 saturated carbocycles. The minimum absolute atomic E-state index is 0.213. The summed E-state index contributed by atoms with van der Waals surface area (Å²) in [6, 6.07) is 14.5. The molecule has 2 aromatic heterocycles. The molecule has 1 aliphatic rings. The van der Waals surface area contributed by atoms with Gasteiger partial charge in [0.05, 0.1) is 11.4 Å². The van der Waals surface area contributed by atoms with Crippen LogP contribution >= 0.6 is 11.6 Å². The molecule has 1 saturated heterocycles. The average molecular weight is 505 g/mol. The van der Waals surface area contributed by atoms with Crippen molar-refractivity contribution < 1.29 is 13.9 Å². The first-order chi connectivity index (χ1) is 17.4. The van der Waals surface area contributed by atoms with Crippen LogP contribution in [0.15, 0.2) is 54.9 Å². The summed E-state index contributed by atoms with van der Waals surface area (Å²) in [5, 5.41) is 5.43. The minimum atomic E-state index is -2.07. The van der Waals surface area contributed by atoms with E-state index in [9.17, 15) is 9.18 Å². The maximum atomic E-state index is 13.4. The van der Waals surface area contributed by atoms with Gasteiger partial charge in [-0.15, -0.1) is 6.42 Å². The van der Waals surface area contributed by atoms with Crippen molar-refractivity contribution in [2.75, 3.05) is 18.8 Å². The first kappa shape index (κ1) is 23.6. The Bertz CT molecular complexity index is 1460. The number of fused-ring (bicyclic) bond motifs is 1. The Morgan fingerprint density at radius 3 is 2.78 bits per heavy atom. The third-order valence-corrected chi connectivity index (χ3v) is 6.31. The Morgan fingerprint density at radius 2 is 2.03 bits per heavy atom. The van der Waals surface area contributed by atoms with E-state index in [1.165, 1.54) is 11.2 Å². The fraction of sp³-hybridized carbons (Fsp3) is 0.231. The number of anilines is 1. The van der Waals surface area contributed by atoms with Crippen LogP contribution in [0.2, 0.25) is 0 Å². The van der Waals surface area contributed by atoms with Gasteiger partial charge in [0, 0.05) is 24.2 Å². The number of halogens is 2. The van der Waals surface area contributed by atoms with Crippen molar-refractivity contribution in [3.8, 4) is 35.1 Å². The Labute approximate surface area is 211 Å². The van der Waals surface area contributed by atoms with Crippen LogP contribution in [-0.4, -0.2) is 49.3 Å². The molecule has 1 unspecified atom stereocenters. The SMILES string of the molecule is C#Cc1cccc(Oc2ccc(-c3nn([C@@H]4CCCN(C(=O)C(F)Cl)C4)c4ncnc(N)c34)cc2)c1. The normalized spacial score (nSPS) is 16.5. The number of aromatic nitrogens is 4. The highest BCUT2D eigenvalue weighted by Gasteiger charge is 2.31. The molecule has 2 N–H and O–H groups in total. The Balaban J connectivity index is 1.47. The van der Waals surface area contributed by atoms with Crippen LogP contribution in [0.1, 0.15) is 24.4 Å². The summed E-state index contributed by atoms with van der Waals surface area (Å²) in [6.45, 7) is 0.715. The highest BCUT2D eigenvalue weighted by Crippen LogP contribution is 2.35. The van der Waals surface area contributed by atoms with Gasteiger partial charge in [0.1, 0.15) is 29.3 Å². The van der Waals surface area contributed by atoms with E-state index in [0.29, 0.717) is 47.0 Å². The number of carbonyl (C=O) groups excluding carboxylic acids is 1. The van der Waals surface area contributed by atoms with Crippen molar-refractivity contribution in [1.82, 2.24) is 24.6 Å². The number of rotatable bonds is 5. The number of alkyl halides is 2. The first-order valence-electron chi connectivity index (χ1n) is 11.3. The molecule has 8 nitrogen and oxygen atoms in total. The monoisotopic (exact) mass is 504 g/mol. The quantitative estimate of drug-likeness (QED) is 0.316. The summed E-state index contributed by atoms with van der Waals surface area (Å²) >= 11 is 5.40. The van der Waals surface area contributed by atoms with E-state index in [0.717, 1.165) is 17.5 Å². The lowest BCUT2D eigenvalue weighted by atomic mass is 10.1. The summed E-state index contributed by atoms with van der Waals surface area (Å²) < 4.78 is 21.1. The van der Waals surface area contributed by atoms with Crippen LogP contribution in [-0.2, 0) is 4.79 Å². The van der Waals surface area contributed by atoms with Gasteiger partial charge in [0.15, 0.2) is 5.65 Å². The molecule has 1 aliphatic heterocycles. The summed E-state index contributed by atoms with van der Waals surface area (Å²) in [6.07, 6.45) is 8.27. The number of hydrogen-bond donors (Lipinski definition) is 1. The number of nitrogens with two attached hydrogens (primary N) is 1. The molecule has 1 fully saturated rings. The molecule has 2 atom stereocenters. The first-order valence-corrected chi connectivity index (χ1v) is 11.8. The van der Waals surface area contributed by atoms with Crippen molar-refractivity contribution in [2.24, 2.45) is 0 Å². The van der Waals surface area contributed by atoms with Gasteiger partial charge in [-0.25, -0.2) is 19.0 Å². The predicted octanol–water partition coefficient (Wildman–Crippen LogP) is 4.55. The van der Waals surface area contributed by atoms with Crippen LogP contribution in [0.3, 0.4) is 0 Å². The second kappa shape index (κ2) is 9.84. The number of nitrogen functional groups attached to an aromatic ring is 1. The van der Waals surface area contributed by atoms with E-state index in [1.54, 1.807) is 10.7 Å². The molecule has 10 heteroatoms. The number of ether oxygens (including phenoxy) is 1. The van der Waals surface area contributed by atoms with Crippen molar-refractivity contribution in [3.63, 3.8) is 0 Å². The van der Waals surface area contributed by atoms with Gasteiger partial charge in [0.2, 0.25) is 0 Å². The standard InChI is InChI=1S/C26H22ClFN6O2/c1-2-16-5-3-7-20(13-16)36-19-10-8-17(9-11-19)22-21-24(29)30-15-31-25(21)34(32-22)18-6-4-12-33(14-18)26(35)23(27)28/h1,3,5,7-11,13,15,18,23H,4,6,12,14H2,(H2,29,30,31)/t18-,23?/m1/s1. The van der Waals surface area contributed by atoms with E-state index in [1.807, 2.05) is 42.5 Å². The second-order valence-electron chi connectivity index (χ2n) is 8.43. The molecule has 0 bridgehead atoms. The van der Waals surface area contributed by atoms with Crippen LogP contribution in [0.5, 0.6) is 11.5 Å². The van der Waals surface area contributed by atoms with E-state index >= 15 is 0 Å². The average Bonchev–Trinajstić information content (AvgIpc) is 3.30. The highest BCUT2D eigenvalue weighted by atomic mass is 35.5. The summed E-state index contributed by atoms with van der Waals surface area (Å²) in [7, 11) is 0. The van der Waals surface area contributed by atoms with Crippen molar-refractivity contribution in [3.05, 3.63) is 60.4 Å². The summed E-state index contributed by atoms with van der Waals surface area (Å²) in [5.74, 6) is 3.40. The number of carbonyl (C=O) groups is 1. The smallest absolute Gasteiger partial charge is 0.272 e. The predicted molar refractivity (Wildman–Crippen MR) is 135 cm³/mol. The Hall–Kier alpha value is -4.16. The summed E-state index contributed by atoms with van der Waals surface area (Å²) in [5.41, 5.74) is 6.84. The zero-order chi connectivity index (χ0) is 25.2. The van der Waals surface area contributed by atoms with E-state index in [4.69, 9.17) is 33.6 Å². The third-order valence-electron chi connectivity index (χ3n) is 6.12. The van der Waals surface area contributed by atoms with Crippen molar-refractivity contribution in [2.45, 2.75) is 24.5 Å². The lowest BCUT2D eigenvalue weighted by Gasteiger charge is -2.33. The zero-order valence-electron chi connectivity index (χ0n) is 19.1. The van der Waals surface area contributed by atoms with Crippen LogP contribution in [0.4, 0.5) is 10.2 Å². The molecule has 2 aromatic carbocycles. The number of terminal acetylenes is 1. The fourth-order valence-electron chi connectivity index (χ4n) is 4.41. The van der Waals surface area contributed by atoms with Crippen LogP contribution in [0, 0.1) is 12.3 Å². The topological polar surface area (TPSA) is 99.2 Å². The number of nitrogens with zero attached hydrogens (tertiary/aromatic N) is 5. The zero-order valence-corrected chi connectivity index (χ0v) is 19.9. The maximum Gasteiger partial charge on any atom is 0.272 e. The van der Waals surface area contributed by atoms with E-state index < -0.39 is 11.5 Å². The van der Waals surface area contributed by atoms with Gasteiger partial charge >= 0.3 is 0 Å². The number of piperidine rings is 1. The third kappa shape index (κ3) is 4.55. The minimum Gasteiger partial charge on any atom is -0.457 e. The molecular weight excluding hydrogens is 483 g/mol. The Kier molecular flexibility index (Phi) is 6.44. The number of benzene rings is 2. The fourth-order valence-corrected chi connectivity index (χ4v) is 4.55. The van der Waals surface area contributed by atoms with Crippen LogP contribution in [0.25, 0.3) is 22.3 Å². The molecule has 3 heterocycles. The van der Waals surface area contributed by atoms with Gasteiger partial charge in [-0.2, -0.15) is 5.10 Å². The molecule has 0 aliphatic carbocycles. The van der Waals surface area contributed by atoms with Gasteiger partial charge in [-0.05, 0) is 55.3 Å². The lowest BCUT2D eigenvalue weighted by molar-refractivity contribution is -0.135. The van der Waals surface area contributed by atoms with Gasteiger partial charge in [-0.3, -0.25) is 4.79 Å². The number of hydrogen-bond acceptors (Lipinski definition) is 6. The van der Waals surface area contributed by atoms with Crippen molar-refractivity contribution in [1.29, 1.82) is 0 Å². The molecule has 1 amide bonds. The maximum absolute atomic E-state index is 13.4. The number of amides is 1. The molecule has 182 valence electrons. The molecule has 36 heavy (non-hydrogen) atoms. The molecule has 4 aromatic rings. The van der Waals surface area contributed by atoms with Crippen molar-refractivity contribution >= 4 is 34.4 Å². The highest BCUT2D eigenvalue weighted by molar-refractivity contribution is 6.29. The number of likely N-dealkylation sites (tertiary alicyclic amines) is 1. The molecular formula is C26H22ClFN6O2. The van der Waals surface area contributed by atoms with E-state index in [2.05, 4.69) is 15.9 Å². The molecule has 0 radical (unpaired) electrons. The molecule has 5 rings (SSSR count). The van der Waals surface area contributed by atoms with Gasteiger partial charge in [0.25, 0.3) is 11.5 Å². The largest absolute Gasteiger partial charge is 0.457 e. The van der Waals surface area contributed by atoms with Gasteiger partial charge < -0.3 is 15.4 Å². The lowest BCUT2D eigenvalue weighted by Crippen LogP contribution is -2.43. The molecule has 0 spiro atoms.